The van der Waals surface area contributed by atoms with Crippen molar-refractivity contribution >= 4 is 0 Å². The van der Waals surface area contributed by atoms with Gasteiger partial charge in [-0.15, -0.1) is 6.42 Å². The van der Waals surface area contributed by atoms with Crippen molar-refractivity contribution in [2.45, 2.75) is 86.5 Å². The maximum atomic E-state index is 5.67. The first-order valence-electron chi connectivity index (χ1n) is 13.1. The molecule has 182 valence electrons. The summed E-state index contributed by atoms with van der Waals surface area (Å²) in [6.07, 6.45) is 25.6. The minimum Gasteiger partial charge on any atom is -0.375 e. The van der Waals surface area contributed by atoms with Crippen LogP contribution in [0.4, 0.5) is 0 Å². The summed E-state index contributed by atoms with van der Waals surface area (Å²) in [5.41, 5.74) is 5.05. The van der Waals surface area contributed by atoms with E-state index in [1.807, 2.05) is 24.6 Å². The number of nitrogens with zero attached hydrogens (tertiary/aromatic N) is 1. The Morgan fingerprint density at radius 2 is 2.00 bits per heavy atom. The Morgan fingerprint density at radius 3 is 2.70 bits per heavy atom. The largest absolute Gasteiger partial charge is 0.375 e. The van der Waals surface area contributed by atoms with E-state index in [0.29, 0.717) is 16.7 Å². The fraction of sp³-hybridized carbons (Fsp3) is 0.688. The third kappa shape index (κ3) is 4.52. The van der Waals surface area contributed by atoms with Gasteiger partial charge in [0.25, 0.3) is 0 Å². The van der Waals surface area contributed by atoms with E-state index in [2.05, 4.69) is 57.5 Å². The molecule has 3 saturated carbocycles. The van der Waals surface area contributed by atoms with Crippen molar-refractivity contribution in [1.82, 2.24) is 4.90 Å². The van der Waals surface area contributed by atoms with Gasteiger partial charge in [-0.1, -0.05) is 64.0 Å². The highest BCUT2D eigenvalue weighted by Crippen LogP contribution is 2.66. The maximum absolute atomic E-state index is 5.67. The summed E-state index contributed by atoms with van der Waals surface area (Å²) in [5.74, 6) is 6.91. The maximum Gasteiger partial charge on any atom is 0.0398 e. The summed E-state index contributed by atoms with van der Waals surface area (Å²) in [4.78, 5) is 2.23. The van der Waals surface area contributed by atoms with Gasteiger partial charge in [-0.25, -0.2) is 0 Å². The molecule has 0 amide bonds. The molecule has 0 aliphatic heterocycles. The monoisotopic (exact) mass is 447 g/mol. The number of allylic oxidation sites excluding steroid dienone is 5. The molecule has 6 unspecified atom stereocenters. The summed E-state index contributed by atoms with van der Waals surface area (Å²) in [5, 5.41) is 0. The number of hydrogen-bond acceptors (Lipinski definition) is 1. The van der Waals surface area contributed by atoms with Gasteiger partial charge in [0.05, 0.1) is 0 Å². The van der Waals surface area contributed by atoms with Crippen LogP contribution in [0.1, 0.15) is 86.5 Å². The molecule has 1 nitrogen and oxygen atoms in total. The lowest BCUT2D eigenvalue weighted by molar-refractivity contribution is 0.0223. The Morgan fingerprint density at radius 1 is 1.24 bits per heavy atom. The van der Waals surface area contributed by atoms with Crippen LogP contribution in [0.15, 0.2) is 47.7 Å². The van der Waals surface area contributed by atoms with Crippen LogP contribution < -0.4 is 0 Å². The van der Waals surface area contributed by atoms with Crippen molar-refractivity contribution < 1.29 is 0 Å². The van der Waals surface area contributed by atoms with E-state index in [-0.39, 0.29) is 7.43 Å². The lowest BCUT2D eigenvalue weighted by atomic mass is 9.48. The minimum atomic E-state index is 0. The molecule has 7 atom stereocenters. The van der Waals surface area contributed by atoms with E-state index in [0.717, 1.165) is 35.8 Å². The van der Waals surface area contributed by atoms with E-state index in [1.54, 1.807) is 0 Å². The molecule has 0 saturated heterocycles. The van der Waals surface area contributed by atoms with Crippen LogP contribution in [0.5, 0.6) is 0 Å². The van der Waals surface area contributed by atoms with Gasteiger partial charge in [0.2, 0.25) is 0 Å². The summed E-state index contributed by atoms with van der Waals surface area (Å²) in [6, 6.07) is 0. The predicted octanol–water partition coefficient (Wildman–Crippen LogP) is 8.42. The lowest BCUT2D eigenvalue weighted by Crippen LogP contribution is -2.47. The second-order valence-electron chi connectivity index (χ2n) is 12.1. The Kier molecular flexibility index (Phi) is 7.78. The smallest absolute Gasteiger partial charge is 0.0398 e. The number of terminal acetylenes is 1. The van der Waals surface area contributed by atoms with Gasteiger partial charge < -0.3 is 4.90 Å². The van der Waals surface area contributed by atoms with Gasteiger partial charge in [0, 0.05) is 25.4 Å². The Balaban J connectivity index is 0.00000306. The molecule has 0 heterocycles. The van der Waals surface area contributed by atoms with Crippen LogP contribution in [-0.4, -0.2) is 18.5 Å². The van der Waals surface area contributed by atoms with Crippen LogP contribution in [-0.2, 0) is 0 Å². The summed E-state index contributed by atoms with van der Waals surface area (Å²) >= 11 is 0. The fourth-order valence-corrected chi connectivity index (χ4v) is 8.43. The molecule has 0 radical (unpaired) electrons. The Labute approximate surface area is 205 Å². The van der Waals surface area contributed by atoms with Crippen LogP contribution >= 0.6 is 0 Å². The third-order valence-electron chi connectivity index (χ3n) is 10.1. The zero-order chi connectivity index (χ0) is 23.1. The van der Waals surface area contributed by atoms with Crippen molar-refractivity contribution in [1.29, 1.82) is 0 Å². The SMILES string of the molecule is C.C#CC(/C=C/C)=C/N(C)CC(=C)C1CCC2C3CCC4C[C@@H](C)CCC4(C)C3=CCC12C. The number of fused-ring (bicyclic) bond motifs is 5. The molecule has 4 aliphatic carbocycles. The first-order valence-corrected chi connectivity index (χ1v) is 13.1. The van der Waals surface area contributed by atoms with E-state index in [4.69, 9.17) is 6.42 Å². The van der Waals surface area contributed by atoms with Crippen LogP contribution in [0.3, 0.4) is 0 Å². The van der Waals surface area contributed by atoms with Crippen molar-refractivity contribution in [3.8, 4) is 12.3 Å². The molecule has 4 rings (SSSR count). The Hall–Kier alpha value is -1.68. The number of likely N-dealkylation sites (N-methyl/N-ethyl adjacent to an activating group) is 1. The van der Waals surface area contributed by atoms with Crippen molar-refractivity contribution in [3.05, 3.63) is 47.7 Å². The second-order valence-corrected chi connectivity index (χ2v) is 12.1. The fourth-order valence-electron chi connectivity index (χ4n) is 8.43. The molecule has 0 aromatic carbocycles. The summed E-state index contributed by atoms with van der Waals surface area (Å²) in [6.45, 7) is 15.2. The average molecular weight is 448 g/mol. The quantitative estimate of drug-likeness (QED) is 0.232. The van der Waals surface area contributed by atoms with Crippen LogP contribution in [0.25, 0.3) is 0 Å². The number of rotatable bonds is 5. The summed E-state index contributed by atoms with van der Waals surface area (Å²) in [7, 11) is 2.13. The highest BCUT2D eigenvalue weighted by Gasteiger charge is 2.57. The average Bonchev–Trinajstić information content (AvgIpc) is 3.11. The van der Waals surface area contributed by atoms with Crippen LogP contribution in [0, 0.1) is 52.8 Å². The Bertz CT molecular complexity index is 865. The molecule has 33 heavy (non-hydrogen) atoms. The van der Waals surface area contributed by atoms with Gasteiger partial charge >= 0.3 is 0 Å². The van der Waals surface area contributed by atoms with Gasteiger partial charge in [-0.05, 0) is 105 Å². The predicted molar refractivity (Wildman–Crippen MR) is 145 cm³/mol. The molecule has 0 aromatic heterocycles. The van der Waals surface area contributed by atoms with Gasteiger partial charge in [-0.2, -0.15) is 0 Å². The molecule has 1 heteroatoms. The number of hydrogen-bond donors (Lipinski definition) is 0. The van der Waals surface area contributed by atoms with Crippen molar-refractivity contribution in [2.24, 2.45) is 40.4 Å². The zero-order valence-electron chi connectivity index (χ0n) is 21.3. The van der Waals surface area contributed by atoms with E-state index in [1.165, 1.54) is 56.9 Å². The van der Waals surface area contributed by atoms with Crippen molar-refractivity contribution in [2.75, 3.05) is 13.6 Å². The molecular weight excluding hydrogens is 398 g/mol. The van der Waals surface area contributed by atoms with Gasteiger partial charge in [0.1, 0.15) is 0 Å². The minimum absolute atomic E-state index is 0. The lowest BCUT2D eigenvalue weighted by Gasteiger charge is -2.57. The van der Waals surface area contributed by atoms with Gasteiger partial charge in [0.15, 0.2) is 0 Å². The highest BCUT2D eigenvalue weighted by atomic mass is 15.1. The van der Waals surface area contributed by atoms with Crippen molar-refractivity contribution in [3.63, 3.8) is 0 Å². The second kappa shape index (κ2) is 9.90. The van der Waals surface area contributed by atoms with Gasteiger partial charge in [-0.3, -0.25) is 0 Å². The molecule has 0 bridgehead atoms. The van der Waals surface area contributed by atoms with E-state index >= 15 is 0 Å². The zero-order valence-corrected chi connectivity index (χ0v) is 21.3. The third-order valence-corrected chi connectivity index (χ3v) is 10.1. The van der Waals surface area contributed by atoms with E-state index < -0.39 is 0 Å². The molecule has 4 aliphatic rings. The first-order chi connectivity index (χ1) is 15.2. The first kappa shape index (κ1) is 25.9. The molecule has 0 spiro atoms. The topological polar surface area (TPSA) is 3.24 Å². The highest BCUT2D eigenvalue weighted by molar-refractivity contribution is 5.36. The molecule has 3 fully saturated rings. The molecule has 0 N–H and O–H groups in total. The molecule has 0 aromatic rings. The normalized spacial score (nSPS) is 40.1. The van der Waals surface area contributed by atoms with E-state index in [9.17, 15) is 0 Å². The van der Waals surface area contributed by atoms with Crippen LogP contribution in [0.2, 0.25) is 0 Å². The summed E-state index contributed by atoms with van der Waals surface area (Å²) < 4.78 is 0. The molecular formula is C32H49N. The standard InChI is InChI=1S/C31H45N.CH4/c1-8-10-24(9-2)21-32(7)20-23(4)27-13-14-28-26-12-11-25-19-22(3)15-17-30(25,5)29(26)16-18-31(27,28)6;/h2,8,10,16,21-22,25-28H,4,11-15,17-20H2,1,3,5-7H3;1H4/b10-8+,24-21-;/t22-,25?,26?,27?,28?,30?,31?;/m0./s1.